The van der Waals surface area contributed by atoms with Gasteiger partial charge >= 0.3 is 0 Å². The topological polar surface area (TPSA) is 51.8 Å². The summed E-state index contributed by atoms with van der Waals surface area (Å²) in [5.41, 5.74) is 9.36. The van der Waals surface area contributed by atoms with E-state index < -0.39 is 0 Å². The Labute approximate surface area is 122 Å². The van der Waals surface area contributed by atoms with Crippen molar-refractivity contribution in [3.8, 4) is 0 Å². The van der Waals surface area contributed by atoms with Crippen molar-refractivity contribution in [2.24, 2.45) is 5.73 Å². The van der Waals surface area contributed by atoms with E-state index in [2.05, 4.69) is 16.0 Å². The van der Waals surface area contributed by atoms with Gasteiger partial charge in [-0.05, 0) is 41.8 Å². The molecule has 2 aromatic heterocycles. The van der Waals surface area contributed by atoms with Crippen LogP contribution < -0.4 is 5.73 Å². The molecule has 3 rings (SSSR count). The van der Waals surface area contributed by atoms with E-state index in [0.29, 0.717) is 11.4 Å². The fourth-order valence-electron chi connectivity index (χ4n) is 2.25. The summed E-state index contributed by atoms with van der Waals surface area (Å²) in [7, 11) is 0. The summed E-state index contributed by atoms with van der Waals surface area (Å²) >= 11 is 6.12. The molecule has 3 nitrogen and oxygen atoms in total. The maximum Gasteiger partial charge on any atom is 0.0702 e. The van der Waals surface area contributed by atoms with Gasteiger partial charge in [0.2, 0.25) is 0 Å². The minimum Gasteiger partial charge on any atom is -0.324 e. The first-order valence-corrected chi connectivity index (χ1v) is 6.80. The Balaban J connectivity index is 1.89. The van der Waals surface area contributed by atoms with Crippen LogP contribution in [0.3, 0.4) is 0 Å². The summed E-state index contributed by atoms with van der Waals surface area (Å²) < 4.78 is 0. The number of aromatic nitrogens is 2. The smallest absolute Gasteiger partial charge is 0.0702 e. The number of halogens is 1. The van der Waals surface area contributed by atoms with E-state index in [1.807, 2.05) is 30.3 Å². The van der Waals surface area contributed by atoms with Crippen LogP contribution >= 0.6 is 11.6 Å². The monoisotopic (exact) mass is 283 g/mol. The third kappa shape index (κ3) is 2.64. The van der Waals surface area contributed by atoms with Crippen LogP contribution in [0.4, 0.5) is 0 Å². The van der Waals surface area contributed by atoms with E-state index >= 15 is 0 Å². The molecule has 1 atom stereocenters. The van der Waals surface area contributed by atoms with Crippen LogP contribution in [0.5, 0.6) is 0 Å². The van der Waals surface area contributed by atoms with Gasteiger partial charge in [-0.3, -0.25) is 9.97 Å². The van der Waals surface area contributed by atoms with Gasteiger partial charge in [-0.2, -0.15) is 0 Å². The average molecular weight is 284 g/mol. The second kappa shape index (κ2) is 5.57. The molecule has 0 aliphatic heterocycles. The summed E-state index contributed by atoms with van der Waals surface area (Å²) in [5, 5.41) is 1.76. The van der Waals surface area contributed by atoms with Crippen LogP contribution in [-0.4, -0.2) is 9.97 Å². The molecular formula is C16H14ClN3. The lowest BCUT2D eigenvalue weighted by Crippen LogP contribution is -2.13. The van der Waals surface area contributed by atoms with E-state index in [1.165, 1.54) is 0 Å². The Kier molecular flexibility index (Phi) is 3.63. The van der Waals surface area contributed by atoms with Crippen molar-refractivity contribution in [3.05, 3.63) is 71.1 Å². The summed E-state index contributed by atoms with van der Waals surface area (Å²) in [6.45, 7) is 0. The number of hydrogen-bond acceptors (Lipinski definition) is 3. The molecule has 0 spiro atoms. The van der Waals surface area contributed by atoms with Crippen LogP contribution in [0.15, 0.2) is 55.0 Å². The van der Waals surface area contributed by atoms with Crippen molar-refractivity contribution in [1.82, 2.24) is 9.97 Å². The van der Waals surface area contributed by atoms with Crippen molar-refractivity contribution >= 4 is 22.5 Å². The molecule has 0 amide bonds. The third-order valence-electron chi connectivity index (χ3n) is 3.35. The minimum absolute atomic E-state index is 0.0977. The molecule has 2 N–H and O–H groups in total. The SMILES string of the molecule is NC(Cc1ccncc1Cl)c1ccc2ncccc2c1. The second-order valence-corrected chi connectivity index (χ2v) is 5.14. The predicted octanol–water partition coefficient (Wildman–Crippen LogP) is 3.53. The Morgan fingerprint density at radius 3 is 2.90 bits per heavy atom. The lowest BCUT2D eigenvalue weighted by molar-refractivity contribution is 0.722. The Hall–Kier alpha value is -1.97. The third-order valence-corrected chi connectivity index (χ3v) is 3.69. The Morgan fingerprint density at radius 2 is 2.05 bits per heavy atom. The molecule has 1 aromatic carbocycles. The van der Waals surface area contributed by atoms with Crippen molar-refractivity contribution in [1.29, 1.82) is 0 Å². The molecule has 0 aliphatic rings. The highest BCUT2D eigenvalue weighted by molar-refractivity contribution is 6.31. The molecule has 0 saturated carbocycles. The molecule has 0 radical (unpaired) electrons. The number of fused-ring (bicyclic) bond motifs is 1. The van der Waals surface area contributed by atoms with Gasteiger partial charge in [0, 0.05) is 30.0 Å². The molecule has 0 bridgehead atoms. The molecule has 0 saturated heterocycles. The van der Waals surface area contributed by atoms with E-state index in [4.69, 9.17) is 17.3 Å². The Bertz CT molecular complexity index is 742. The van der Waals surface area contributed by atoms with Crippen molar-refractivity contribution in [2.75, 3.05) is 0 Å². The maximum absolute atomic E-state index is 6.29. The lowest BCUT2D eigenvalue weighted by Gasteiger charge is -2.13. The van der Waals surface area contributed by atoms with Crippen LogP contribution in [0.1, 0.15) is 17.2 Å². The van der Waals surface area contributed by atoms with Crippen molar-refractivity contribution < 1.29 is 0 Å². The molecule has 20 heavy (non-hydrogen) atoms. The van der Waals surface area contributed by atoms with Crippen molar-refractivity contribution in [3.63, 3.8) is 0 Å². The number of rotatable bonds is 3. The normalized spacial score (nSPS) is 12.5. The summed E-state index contributed by atoms with van der Waals surface area (Å²) in [4.78, 5) is 8.29. The van der Waals surface area contributed by atoms with Gasteiger partial charge in [-0.15, -0.1) is 0 Å². The van der Waals surface area contributed by atoms with Crippen LogP contribution in [-0.2, 0) is 6.42 Å². The number of nitrogens with zero attached hydrogens (tertiary/aromatic N) is 2. The molecule has 1 unspecified atom stereocenters. The number of hydrogen-bond donors (Lipinski definition) is 1. The lowest BCUT2D eigenvalue weighted by atomic mass is 9.99. The second-order valence-electron chi connectivity index (χ2n) is 4.73. The molecule has 0 aliphatic carbocycles. The highest BCUT2D eigenvalue weighted by atomic mass is 35.5. The highest BCUT2D eigenvalue weighted by Gasteiger charge is 2.10. The first-order valence-electron chi connectivity index (χ1n) is 6.43. The summed E-state index contributed by atoms with van der Waals surface area (Å²) in [6.07, 6.45) is 5.86. The quantitative estimate of drug-likeness (QED) is 0.800. The number of benzene rings is 1. The molecular weight excluding hydrogens is 270 g/mol. The average Bonchev–Trinajstić information content (AvgIpc) is 2.49. The van der Waals surface area contributed by atoms with Gasteiger partial charge in [0.15, 0.2) is 0 Å². The first-order chi connectivity index (χ1) is 9.74. The Morgan fingerprint density at radius 1 is 1.15 bits per heavy atom. The van der Waals surface area contributed by atoms with Crippen molar-refractivity contribution in [2.45, 2.75) is 12.5 Å². The van der Waals surface area contributed by atoms with Gasteiger partial charge in [0.05, 0.1) is 10.5 Å². The van der Waals surface area contributed by atoms with E-state index in [9.17, 15) is 0 Å². The molecule has 100 valence electrons. The van der Waals surface area contributed by atoms with Crippen LogP contribution in [0, 0.1) is 0 Å². The summed E-state index contributed by atoms with van der Waals surface area (Å²) in [5.74, 6) is 0. The fourth-order valence-corrected chi connectivity index (χ4v) is 2.45. The van der Waals surface area contributed by atoms with Crippen LogP contribution in [0.25, 0.3) is 10.9 Å². The van der Waals surface area contributed by atoms with Gasteiger partial charge in [0.25, 0.3) is 0 Å². The van der Waals surface area contributed by atoms with Crippen LogP contribution in [0.2, 0.25) is 5.02 Å². The standard InChI is InChI=1S/C16H14ClN3/c17-14-10-19-7-5-11(14)9-15(18)12-3-4-16-13(8-12)2-1-6-20-16/h1-8,10,15H,9,18H2. The first kappa shape index (κ1) is 13.0. The van der Waals surface area contributed by atoms with Gasteiger partial charge in [0.1, 0.15) is 0 Å². The zero-order valence-electron chi connectivity index (χ0n) is 10.8. The highest BCUT2D eigenvalue weighted by Crippen LogP contribution is 2.23. The molecule has 2 heterocycles. The van der Waals surface area contributed by atoms with Gasteiger partial charge < -0.3 is 5.73 Å². The zero-order valence-corrected chi connectivity index (χ0v) is 11.6. The van der Waals surface area contributed by atoms with E-state index in [1.54, 1.807) is 18.6 Å². The maximum atomic E-state index is 6.29. The predicted molar refractivity (Wildman–Crippen MR) is 81.6 cm³/mol. The fraction of sp³-hybridized carbons (Fsp3) is 0.125. The number of nitrogens with two attached hydrogens (primary N) is 1. The van der Waals surface area contributed by atoms with Gasteiger partial charge in [-0.1, -0.05) is 23.7 Å². The molecule has 3 aromatic rings. The minimum atomic E-state index is -0.0977. The zero-order chi connectivity index (χ0) is 13.9. The molecule has 0 fully saturated rings. The van der Waals surface area contributed by atoms with E-state index in [0.717, 1.165) is 22.0 Å². The summed E-state index contributed by atoms with van der Waals surface area (Å²) in [6, 6.07) is 11.9. The number of pyridine rings is 2. The van der Waals surface area contributed by atoms with Gasteiger partial charge in [-0.25, -0.2) is 0 Å². The largest absolute Gasteiger partial charge is 0.324 e. The molecule has 4 heteroatoms. The van der Waals surface area contributed by atoms with E-state index in [-0.39, 0.29) is 6.04 Å².